The number of carbonyl (C=O) groups excluding carboxylic acids is 3. The van der Waals surface area contributed by atoms with Crippen LogP contribution in [0.5, 0.6) is 0 Å². The molecule has 0 heterocycles. The van der Waals surface area contributed by atoms with Crippen molar-refractivity contribution in [3.63, 3.8) is 0 Å². The van der Waals surface area contributed by atoms with Crippen LogP contribution in [-0.2, 0) is 28.6 Å². The molecule has 6 heteroatoms. The zero-order valence-electron chi connectivity index (χ0n) is 42.9. The summed E-state index contributed by atoms with van der Waals surface area (Å²) >= 11 is 0. The predicted octanol–water partition coefficient (Wildman–Crippen LogP) is 17.9. The molecule has 0 spiro atoms. The van der Waals surface area contributed by atoms with E-state index in [1.165, 1.54) is 44.9 Å². The Hall–Kier alpha value is -4.45. The Labute approximate surface area is 411 Å². The van der Waals surface area contributed by atoms with Gasteiger partial charge in [0.05, 0.1) is 0 Å². The molecule has 6 nitrogen and oxygen atoms in total. The largest absolute Gasteiger partial charge is 0.462 e. The van der Waals surface area contributed by atoms with Crippen molar-refractivity contribution in [3.05, 3.63) is 134 Å². The summed E-state index contributed by atoms with van der Waals surface area (Å²) in [5.41, 5.74) is 0. The number of unbranched alkanes of at least 4 members (excludes halogenated alkanes) is 13. The fourth-order valence-electron chi connectivity index (χ4n) is 6.67. The molecule has 1 atom stereocenters. The van der Waals surface area contributed by atoms with E-state index in [0.717, 1.165) is 116 Å². The van der Waals surface area contributed by atoms with Gasteiger partial charge < -0.3 is 14.2 Å². The van der Waals surface area contributed by atoms with Crippen LogP contribution in [0.1, 0.15) is 213 Å². The van der Waals surface area contributed by atoms with Gasteiger partial charge in [-0.2, -0.15) is 0 Å². The van der Waals surface area contributed by atoms with Crippen molar-refractivity contribution < 1.29 is 28.6 Å². The van der Waals surface area contributed by atoms with E-state index in [2.05, 4.69) is 154 Å². The second-order valence-corrected chi connectivity index (χ2v) is 17.0. The minimum absolute atomic E-state index is 0.128. The molecule has 0 N–H and O–H groups in total. The summed E-state index contributed by atoms with van der Waals surface area (Å²) in [4.78, 5) is 38.0. The van der Waals surface area contributed by atoms with Crippen molar-refractivity contribution in [2.24, 2.45) is 0 Å². The molecule has 67 heavy (non-hydrogen) atoms. The van der Waals surface area contributed by atoms with Gasteiger partial charge in [-0.25, -0.2) is 0 Å². The van der Waals surface area contributed by atoms with Crippen LogP contribution in [-0.4, -0.2) is 37.2 Å². The van der Waals surface area contributed by atoms with Gasteiger partial charge in [0.15, 0.2) is 6.10 Å². The first-order valence-corrected chi connectivity index (χ1v) is 26.7. The molecule has 0 saturated heterocycles. The molecular formula is C61H96O6. The summed E-state index contributed by atoms with van der Waals surface area (Å²) < 4.78 is 16.7. The maximum Gasteiger partial charge on any atom is 0.306 e. The summed E-state index contributed by atoms with van der Waals surface area (Å²) in [6.45, 7) is 6.28. The number of hydrogen-bond donors (Lipinski definition) is 0. The van der Waals surface area contributed by atoms with E-state index in [-0.39, 0.29) is 44.0 Å². The highest BCUT2D eigenvalue weighted by Crippen LogP contribution is 2.11. The van der Waals surface area contributed by atoms with Gasteiger partial charge in [0.25, 0.3) is 0 Å². The van der Waals surface area contributed by atoms with E-state index in [1.54, 1.807) is 0 Å². The molecule has 0 aliphatic heterocycles. The van der Waals surface area contributed by atoms with Crippen molar-refractivity contribution >= 4 is 17.9 Å². The lowest BCUT2D eigenvalue weighted by atomic mass is 10.1. The predicted molar refractivity (Wildman–Crippen MR) is 288 cm³/mol. The molecule has 0 aromatic carbocycles. The van der Waals surface area contributed by atoms with Crippen LogP contribution in [0.2, 0.25) is 0 Å². The molecule has 0 amide bonds. The topological polar surface area (TPSA) is 78.9 Å². The van der Waals surface area contributed by atoms with E-state index in [4.69, 9.17) is 14.2 Å². The molecule has 0 unspecified atom stereocenters. The van der Waals surface area contributed by atoms with Crippen LogP contribution < -0.4 is 0 Å². The number of rotatable bonds is 46. The van der Waals surface area contributed by atoms with E-state index in [0.29, 0.717) is 19.3 Å². The summed E-state index contributed by atoms with van der Waals surface area (Å²) in [6.07, 6.45) is 75.9. The van der Waals surface area contributed by atoms with Gasteiger partial charge in [0.2, 0.25) is 0 Å². The first kappa shape index (κ1) is 62.5. The van der Waals surface area contributed by atoms with E-state index in [9.17, 15) is 14.4 Å². The first-order valence-electron chi connectivity index (χ1n) is 26.7. The lowest BCUT2D eigenvalue weighted by Crippen LogP contribution is -2.30. The molecule has 0 aliphatic carbocycles. The van der Waals surface area contributed by atoms with Gasteiger partial charge in [0, 0.05) is 19.3 Å². The van der Waals surface area contributed by atoms with E-state index >= 15 is 0 Å². The van der Waals surface area contributed by atoms with Crippen molar-refractivity contribution in [2.45, 2.75) is 219 Å². The molecule has 0 aromatic rings. The van der Waals surface area contributed by atoms with Gasteiger partial charge in [-0.1, -0.05) is 199 Å². The minimum Gasteiger partial charge on any atom is -0.462 e. The summed E-state index contributed by atoms with van der Waals surface area (Å²) in [6, 6.07) is 0. The fraction of sp³-hybridized carbons (Fsp3) is 0.590. The van der Waals surface area contributed by atoms with Crippen molar-refractivity contribution in [3.8, 4) is 0 Å². The molecular weight excluding hydrogens is 829 g/mol. The summed E-state index contributed by atoms with van der Waals surface area (Å²) in [5, 5.41) is 0. The third-order valence-electron chi connectivity index (χ3n) is 10.6. The Morgan fingerprint density at radius 3 is 1.00 bits per heavy atom. The maximum atomic E-state index is 12.8. The smallest absolute Gasteiger partial charge is 0.306 e. The molecule has 0 radical (unpaired) electrons. The van der Waals surface area contributed by atoms with E-state index < -0.39 is 6.10 Å². The normalized spacial score (nSPS) is 13.2. The SMILES string of the molecule is CC/C=C\C/C=C\C/C=C\C/C=C\CCCCCCC(=O)OC[C@H](COC(=O)CCC/C=C\C/C=C\C/C=C\CCCCCCCC)OC(=O)CCCC/C=C\C/C=C\C/C=C\C/C=C\CC. The van der Waals surface area contributed by atoms with Gasteiger partial charge >= 0.3 is 17.9 Å². The Bertz CT molecular complexity index is 1480. The quantitative estimate of drug-likeness (QED) is 0.0262. The third kappa shape index (κ3) is 52.4. The van der Waals surface area contributed by atoms with Gasteiger partial charge in [0.1, 0.15) is 13.2 Å². The Morgan fingerprint density at radius 2 is 0.597 bits per heavy atom. The summed E-state index contributed by atoms with van der Waals surface area (Å²) in [5.74, 6) is -1.05. The highest BCUT2D eigenvalue weighted by atomic mass is 16.6. The average Bonchev–Trinajstić information content (AvgIpc) is 3.33. The van der Waals surface area contributed by atoms with E-state index in [1.807, 2.05) is 0 Å². The van der Waals surface area contributed by atoms with Crippen LogP contribution in [0, 0.1) is 0 Å². The zero-order valence-corrected chi connectivity index (χ0v) is 42.9. The number of esters is 3. The second kappa shape index (κ2) is 54.2. The molecule has 0 aromatic heterocycles. The van der Waals surface area contributed by atoms with Crippen molar-refractivity contribution in [1.29, 1.82) is 0 Å². The third-order valence-corrected chi connectivity index (χ3v) is 10.6. The number of hydrogen-bond acceptors (Lipinski definition) is 6. The lowest BCUT2D eigenvalue weighted by Gasteiger charge is -2.18. The molecule has 0 fully saturated rings. The molecule has 0 bridgehead atoms. The van der Waals surface area contributed by atoms with Gasteiger partial charge in [-0.15, -0.1) is 0 Å². The maximum absolute atomic E-state index is 12.8. The standard InChI is InChI=1S/C61H96O6/c1-4-7-10-13-16-19-22-25-28-30-33-35-38-41-44-47-50-53-59(62)65-56-58(67-61(64)55-52-49-46-43-40-37-32-27-24-21-18-15-12-9-6-3)57-66-60(63)54-51-48-45-42-39-36-34-31-29-26-23-20-17-14-11-8-5-2/h7,9-10,12,16,18-19,21,25-29,32-36,40,42-43,45,58H,4-6,8,11,13-15,17,20,22-24,30-31,37-39,41,44,46-57H2,1-3H3/b10-7-,12-9-,19-16-,21-18-,28-25-,29-26-,32-27-,35-33-,36-34-,43-40-,45-42-/t58-/m1/s1. The number of allylic oxidation sites excluding steroid dienone is 22. The number of ether oxygens (including phenoxy) is 3. The average molecular weight is 925 g/mol. The highest BCUT2D eigenvalue weighted by Gasteiger charge is 2.19. The second-order valence-electron chi connectivity index (χ2n) is 17.0. The molecule has 0 rings (SSSR count). The minimum atomic E-state index is -0.835. The summed E-state index contributed by atoms with van der Waals surface area (Å²) in [7, 11) is 0. The van der Waals surface area contributed by atoms with Crippen LogP contribution in [0.15, 0.2) is 134 Å². The van der Waals surface area contributed by atoms with Crippen molar-refractivity contribution in [1.82, 2.24) is 0 Å². The van der Waals surface area contributed by atoms with Crippen LogP contribution in [0.4, 0.5) is 0 Å². The zero-order chi connectivity index (χ0) is 48.6. The fourth-order valence-corrected chi connectivity index (χ4v) is 6.67. The Kier molecular flexibility index (Phi) is 50.6. The van der Waals surface area contributed by atoms with Crippen LogP contribution >= 0.6 is 0 Å². The lowest BCUT2D eigenvalue weighted by molar-refractivity contribution is -0.167. The highest BCUT2D eigenvalue weighted by molar-refractivity contribution is 5.71. The molecule has 0 saturated carbocycles. The van der Waals surface area contributed by atoms with Crippen molar-refractivity contribution in [2.75, 3.05) is 13.2 Å². The van der Waals surface area contributed by atoms with Gasteiger partial charge in [-0.3, -0.25) is 14.4 Å². The van der Waals surface area contributed by atoms with Gasteiger partial charge in [-0.05, 0) is 128 Å². The Morgan fingerprint density at radius 1 is 0.313 bits per heavy atom. The first-order chi connectivity index (χ1) is 33.0. The monoisotopic (exact) mass is 925 g/mol. The number of carbonyl (C=O) groups is 3. The molecule has 376 valence electrons. The molecule has 0 aliphatic rings. The Balaban J connectivity index is 4.59. The van der Waals surface area contributed by atoms with Crippen LogP contribution in [0.3, 0.4) is 0 Å². The van der Waals surface area contributed by atoms with Crippen LogP contribution in [0.25, 0.3) is 0 Å².